The van der Waals surface area contributed by atoms with E-state index in [0.29, 0.717) is 0 Å². The van der Waals surface area contributed by atoms with Crippen molar-refractivity contribution in [1.82, 2.24) is 0 Å². The Morgan fingerprint density at radius 1 is 1.10 bits per heavy atom. The summed E-state index contributed by atoms with van der Waals surface area (Å²) in [7, 11) is 0. The Morgan fingerprint density at radius 3 is 2.70 bits per heavy atom. The number of hydrogen-bond donors (Lipinski definition) is 1. The van der Waals surface area contributed by atoms with Gasteiger partial charge in [0.2, 0.25) is 6.23 Å². The van der Waals surface area contributed by atoms with Gasteiger partial charge in [0.1, 0.15) is 0 Å². The van der Waals surface area contributed by atoms with Crippen LogP contribution < -0.4 is 5.32 Å². The Kier molecular flexibility index (Phi) is 2.36. The molecule has 0 aromatic heterocycles. The minimum absolute atomic E-state index is 0.0660. The van der Waals surface area contributed by atoms with Crippen LogP contribution in [0.15, 0.2) is 59.8 Å². The van der Waals surface area contributed by atoms with Crippen LogP contribution in [0, 0.1) is 0 Å². The SMILES string of the molecule is CC12CC(c3ccccc3)=NOC1Nc1ccccc12. The summed E-state index contributed by atoms with van der Waals surface area (Å²) in [5.41, 5.74) is 4.56. The monoisotopic (exact) mass is 264 g/mol. The third-order valence-corrected chi connectivity index (χ3v) is 4.32. The van der Waals surface area contributed by atoms with Gasteiger partial charge in [-0.2, -0.15) is 0 Å². The van der Waals surface area contributed by atoms with Crippen molar-refractivity contribution in [1.29, 1.82) is 0 Å². The van der Waals surface area contributed by atoms with Gasteiger partial charge in [-0.1, -0.05) is 53.7 Å². The van der Waals surface area contributed by atoms with Crippen LogP contribution >= 0.6 is 0 Å². The van der Waals surface area contributed by atoms with Crippen LogP contribution in [0.1, 0.15) is 24.5 Å². The van der Waals surface area contributed by atoms with E-state index < -0.39 is 0 Å². The molecule has 0 radical (unpaired) electrons. The number of para-hydroxylation sites is 1. The Balaban J connectivity index is 1.75. The van der Waals surface area contributed by atoms with Crippen molar-refractivity contribution >= 4 is 11.4 Å². The summed E-state index contributed by atoms with van der Waals surface area (Å²) in [5.74, 6) is 0. The first-order valence-electron chi connectivity index (χ1n) is 6.91. The maximum atomic E-state index is 5.73. The van der Waals surface area contributed by atoms with E-state index in [1.807, 2.05) is 24.3 Å². The molecule has 3 heteroatoms. The van der Waals surface area contributed by atoms with Crippen molar-refractivity contribution < 1.29 is 4.84 Å². The van der Waals surface area contributed by atoms with E-state index >= 15 is 0 Å². The van der Waals surface area contributed by atoms with E-state index in [9.17, 15) is 0 Å². The van der Waals surface area contributed by atoms with Crippen LogP contribution in [0.5, 0.6) is 0 Å². The summed E-state index contributed by atoms with van der Waals surface area (Å²) < 4.78 is 0. The molecule has 2 unspecified atom stereocenters. The first-order valence-corrected chi connectivity index (χ1v) is 6.91. The van der Waals surface area contributed by atoms with E-state index in [1.165, 1.54) is 5.56 Å². The van der Waals surface area contributed by atoms with Gasteiger partial charge in [0, 0.05) is 12.1 Å². The van der Waals surface area contributed by atoms with Gasteiger partial charge in [0.25, 0.3) is 0 Å². The van der Waals surface area contributed by atoms with E-state index in [-0.39, 0.29) is 11.6 Å². The minimum Gasteiger partial charge on any atom is -0.370 e. The Bertz CT molecular complexity index is 680. The topological polar surface area (TPSA) is 33.6 Å². The normalized spacial score (nSPS) is 26.9. The lowest BCUT2D eigenvalue weighted by Crippen LogP contribution is -2.42. The molecule has 1 N–H and O–H groups in total. The fraction of sp³-hybridized carbons (Fsp3) is 0.235. The predicted molar refractivity (Wildman–Crippen MR) is 79.9 cm³/mol. The Hall–Kier alpha value is -2.29. The van der Waals surface area contributed by atoms with E-state index in [2.05, 4.69) is 47.7 Å². The molecule has 100 valence electrons. The molecule has 0 bridgehead atoms. The van der Waals surface area contributed by atoms with Gasteiger partial charge < -0.3 is 10.2 Å². The molecule has 0 spiro atoms. The Labute approximate surface area is 118 Å². The first-order chi connectivity index (χ1) is 9.77. The van der Waals surface area contributed by atoms with Gasteiger partial charge in [-0.05, 0) is 24.1 Å². The summed E-state index contributed by atoms with van der Waals surface area (Å²) >= 11 is 0. The molecule has 0 fully saturated rings. The molecular formula is C17H16N2O. The highest BCUT2D eigenvalue weighted by Gasteiger charge is 2.48. The zero-order valence-electron chi connectivity index (χ0n) is 11.3. The molecule has 2 aliphatic heterocycles. The van der Waals surface area contributed by atoms with Crippen molar-refractivity contribution in [2.45, 2.75) is 25.0 Å². The highest BCUT2D eigenvalue weighted by molar-refractivity contribution is 6.01. The lowest BCUT2D eigenvalue weighted by Gasteiger charge is -2.34. The quantitative estimate of drug-likeness (QED) is 0.855. The molecule has 3 nitrogen and oxygen atoms in total. The number of nitrogens with one attached hydrogen (secondary N) is 1. The number of fused-ring (bicyclic) bond motifs is 3. The fourth-order valence-corrected chi connectivity index (χ4v) is 3.16. The molecule has 2 aliphatic rings. The second-order valence-electron chi connectivity index (χ2n) is 5.67. The predicted octanol–water partition coefficient (Wildman–Crippen LogP) is 3.52. The van der Waals surface area contributed by atoms with Gasteiger partial charge in [-0.3, -0.25) is 0 Å². The van der Waals surface area contributed by atoms with Gasteiger partial charge in [0.05, 0.1) is 11.1 Å². The average molecular weight is 264 g/mol. The van der Waals surface area contributed by atoms with Crippen molar-refractivity contribution in [2.24, 2.45) is 5.16 Å². The van der Waals surface area contributed by atoms with Crippen molar-refractivity contribution in [2.75, 3.05) is 5.32 Å². The highest BCUT2D eigenvalue weighted by atomic mass is 16.7. The molecule has 0 aliphatic carbocycles. The largest absolute Gasteiger partial charge is 0.370 e. The number of rotatable bonds is 1. The minimum atomic E-state index is -0.0765. The maximum absolute atomic E-state index is 5.73. The molecule has 0 saturated carbocycles. The molecule has 20 heavy (non-hydrogen) atoms. The van der Waals surface area contributed by atoms with Crippen molar-refractivity contribution in [3.63, 3.8) is 0 Å². The standard InChI is InChI=1S/C17H16N2O/c1-17-11-15(12-7-3-2-4-8-12)19-20-16(17)18-14-10-6-5-9-13(14)17/h2-10,16,18H,11H2,1H3. The van der Waals surface area contributed by atoms with Crippen molar-refractivity contribution in [3.8, 4) is 0 Å². The number of nitrogens with zero attached hydrogens (tertiary/aromatic N) is 1. The molecular weight excluding hydrogens is 248 g/mol. The molecule has 0 saturated heterocycles. The number of anilines is 1. The van der Waals surface area contributed by atoms with Crippen LogP contribution in [0.3, 0.4) is 0 Å². The third-order valence-electron chi connectivity index (χ3n) is 4.32. The summed E-state index contributed by atoms with van der Waals surface area (Å²) in [5, 5.41) is 7.74. The molecule has 2 atom stereocenters. The van der Waals surface area contributed by atoms with Crippen LogP contribution in [0.4, 0.5) is 5.69 Å². The average Bonchev–Trinajstić information content (AvgIpc) is 2.80. The van der Waals surface area contributed by atoms with Crippen LogP contribution in [0.25, 0.3) is 0 Å². The maximum Gasteiger partial charge on any atom is 0.207 e. The van der Waals surface area contributed by atoms with E-state index in [1.54, 1.807) is 0 Å². The summed E-state index contributed by atoms with van der Waals surface area (Å²) in [4.78, 5) is 5.73. The van der Waals surface area contributed by atoms with Crippen LogP contribution in [-0.2, 0) is 10.3 Å². The van der Waals surface area contributed by atoms with Gasteiger partial charge in [-0.15, -0.1) is 0 Å². The molecule has 2 aromatic rings. The van der Waals surface area contributed by atoms with Gasteiger partial charge in [-0.25, -0.2) is 0 Å². The van der Waals surface area contributed by atoms with Crippen molar-refractivity contribution in [3.05, 3.63) is 65.7 Å². The summed E-state index contributed by atoms with van der Waals surface area (Å²) in [6.45, 7) is 2.24. The second kappa shape index (κ2) is 4.10. The first kappa shape index (κ1) is 11.5. The smallest absolute Gasteiger partial charge is 0.207 e. The van der Waals surface area contributed by atoms with Gasteiger partial charge >= 0.3 is 0 Å². The molecule has 2 heterocycles. The zero-order valence-corrected chi connectivity index (χ0v) is 11.3. The van der Waals surface area contributed by atoms with E-state index in [4.69, 9.17) is 4.84 Å². The second-order valence-corrected chi connectivity index (χ2v) is 5.67. The number of oxime groups is 1. The summed E-state index contributed by atoms with van der Waals surface area (Å²) in [6.07, 6.45) is 0.804. The van der Waals surface area contributed by atoms with Crippen LogP contribution in [-0.4, -0.2) is 11.9 Å². The van der Waals surface area contributed by atoms with E-state index in [0.717, 1.165) is 23.4 Å². The zero-order chi connectivity index (χ0) is 13.6. The Morgan fingerprint density at radius 2 is 1.85 bits per heavy atom. The fourth-order valence-electron chi connectivity index (χ4n) is 3.16. The lowest BCUT2D eigenvalue weighted by atomic mass is 9.77. The molecule has 2 aromatic carbocycles. The lowest BCUT2D eigenvalue weighted by molar-refractivity contribution is 0.0203. The summed E-state index contributed by atoms with van der Waals surface area (Å²) in [6, 6.07) is 18.7. The highest BCUT2D eigenvalue weighted by Crippen LogP contribution is 2.46. The third kappa shape index (κ3) is 1.56. The number of benzene rings is 2. The van der Waals surface area contributed by atoms with Crippen LogP contribution in [0.2, 0.25) is 0 Å². The number of hydrogen-bond acceptors (Lipinski definition) is 3. The van der Waals surface area contributed by atoms with Gasteiger partial charge in [0.15, 0.2) is 0 Å². The molecule has 4 rings (SSSR count). The molecule has 0 amide bonds.